The van der Waals surface area contributed by atoms with E-state index in [1.807, 2.05) is 52.8 Å². The molecule has 2 aromatic carbocycles. The lowest BCUT2D eigenvalue weighted by Crippen LogP contribution is -2.08. The van der Waals surface area contributed by atoms with E-state index in [-0.39, 0.29) is 0 Å². The third-order valence-corrected chi connectivity index (χ3v) is 4.59. The zero-order chi connectivity index (χ0) is 18.6. The molecule has 130 valence electrons. The molecule has 0 bridgehead atoms. The molecule has 2 aromatic rings. The fraction of sp³-hybridized carbons (Fsp3) is 0.261. The number of hydrogen-bond acceptors (Lipinski definition) is 1. The summed E-state index contributed by atoms with van der Waals surface area (Å²) in [4.78, 5) is 12.1. The molecule has 0 aliphatic heterocycles. The van der Waals surface area contributed by atoms with Gasteiger partial charge in [0, 0.05) is 0 Å². The van der Waals surface area contributed by atoms with Gasteiger partial charge in [0.25, 0.3) is 0 Å². The fourth-order valence-electron chi connectivity index (χ4n) is 2.98. The Kier molecular flexibility index (Phi) is 5.97. The Morgan fingerprint density at radius 1 is 0.920 bits per heavy atom. The summed E-state index contributed by atoms with van der Waals surface area (Å²) in [7, 11) is 0. The van der Waals surface area contributed by atoms with Crippen LogP contribution in [0.5, 0.6) is 0 Å². The molecule has 0 aliphatic rings. The number of aryl methyl sites for hydroxylation is 2. The van der Waals surface area contributed by atoms with Crippen molar-refractivity contribution in [2.45, 2.75) is 41.0 Å². The van der Waals surface area contributed by atoms with Gasteiger partial charge in [-0.25, -0.2) is 4.79 Å². The third-order valence-electron chi connectivity index (χ3n) is 4.59. The van der Waals surface area contributed by atoms with Crippen LogP contribution in [-0.2, 0) is 4.79 Å². The minimum Gasteiger partial charge on any atom is -0.478 e. The van der Waals surface area contributed by atoms with Crippen molar-refractivity contribution in [3.63, 3.8) is 0 Å². The van der Waals surface area contributed by atoms with Gasteiger partial charge < -0.3 is 5.11 Å². The smallest absolute Gasteiger partial charge is 0.336 e. The minimum absolute atomic E-state index is 0.408. The highest BCUT2D eigenvalue weighted by Gasteiger charge is 2.21. The Bertz CT molecular complexity index is 837. The standard InChI is InChI=1S/C23H26O2/c1-6-17(4)21(23(24)25)22(20-9-7-8-16(3)14-20)18(5)19-12-10-15(2)11-13-19/h7-14H,6H2,1-5H3,(H,24,25)/b21-17+,22-18+. The Morgan fingerprint density at radius 2 is 1.56 bits per heavy atom. The fourth-order valence-corrected chi connectivity index (χ4v) is 2.98. The molecule has 1 N–H and O–H groups in total. The maximum atomic E-state index is 12.1. The molecular formula is C23H26O2. The van der Waals surface area contributed by atoms with E-state index in [1.54, 1.807) is 0 Å². The lowest BCUT2D eigenvalue weighted by atomic mass is 9.86. The van der Waals surface area contributed by atoms with E-state index in [4.69, 9.17) is 0 Å². The average Bonchev–Trinajstić information content (AvgIpc) is 2.58. The number of aliphatic carboxylic acids is 1. The number of carbonyl (C=O) groups is 1. The van der Waals surface area contributed by atoms with Crippen LogP contribution in [0, 0.1) is 13.8 Å². The molecular weight excluding hydrogens is 308 g/mol. The highest BCUT2D eigenvalue weighted by molar-refractivity contribution is 6.13. The Hall–Kier alpha value is -2.61. The lowest BCUT2D eigenvalue weighted by Gasteiger charge is -2.17. The van der Waals surface area contributed by atoms with Gasteiger partial charge in [0.1, 0.15) is 0 Å². The van der Waals surface area contributed by atoms with Crippen molar-refractivity contribution in [3.05, 3.63) is 81.9 Å². The lowest BCUT2D eigenvalue weighted by molar-refractivity contribution is -0.132. The van der Waals surface area contributed by atoms with Crippen molar-refractivity contribution in [2.24, 2.45) is 0 Å². The molecule has 0 spiro atoms. The number of rotatable bonds is 5. The molecule has 0 fully saturated rings. The van der Waals surface area contributed by atoms with Gasteiger partial charge in [0.05, 0.1) is 5.57 Å². The minimum atomic E-state index is -0.873. The van der Waals surface area contributed by atoms with Gasteiger partial charge in [0.15, 0.2) is 0 Å². The number of benzene rings is 2. The molecule has 0 heterocycles. The molecule has 0 unspecified atom stereocenters. The van der Waals surface area contributed by atoms with Crippen molar-refractivity contribution in [1.29, 1.82) is 0 Å². The zero-order valence-corrected chi connectivity index (χ0v) is 15.7. The second-order valence-electron chi connectivity index (χ2n) is 6.55. The molecule has 0 radical (unpaired) electrons. The number of hydrogen-bond donors (Lipinski definition) is 1. The largest absolute Gasteiger partial charge is 0.478 e. The van der Waals surface area contributed by atoms with E-state index in [0.29, 0.717) is 12.0 Å². The van der Waals surface area contributed by atoms with Gasteiger partial charge in [-0.05, 0) is 56.4 Å². The van der Waals surface area contributed by atoms with Crippen LogP contribution in [0.2, 0.25) is 0 Å². The second-order valence-corrected chi connectivity index (χ2v) is 6.55. The first-order valence-corrected chi connectivity index (χ1v) is 8.63. The monoisotopic (exact) mass is 334 g/mol. The summed E-state index contributed by atoms with van der Waals surface area (Å²) in [6.07, 6.45) is 0.706. The summed E-state index contributed by atoms with van der Waals surface area (Å²) in [5.41, 5.74) is 7.38. The molecule has 0 aromatic heterocycles. The SMILES string of the molecule is CC/C(C)=C(C(=O)O)\C(=C(/C)c1ccc(C)cc1)c1cccc(C)c1. The third kappa shape index (κ3) is 4.27. The summed E-state index contributed by atoms with van der Waals surface area (Å²) >= 11 is 0. The van der Waals surface area contributed by atoms with Crippen LogP contribution in [0.4, 0.5) is 0 Å². The van der Waals surface area contributed by atoms with Crippen molar-refractivity contribution >= 4 is 17.1 Å². The van der Waals surface area contributed by atoms with Crippen molar-refractivity contribution in [1.82, 2.24) is 0 Å². The van der Waals surface area contributed by atoms with Crippen LogP contribution in [0.1, 0.15) is 49.4 Å². The van der Waals surface area contributed by atoms with Crippen LogP contribution in [0.3, 0.4) is 0 Å². The van der Waals surface area contributed by atoms with Crippen LogP contribution < -0.4 is 0 Å². The van der Waals surface area contributed by atoms with Crippen molar-refractivity contribution in [3.8, 4) is 0 Å². The Balaban J connectivity index is 2.82. The molecule has 0 amide bonds. The summed E-state index contributed by atoms with van der Waals surface area (Å²) in [6, 6.07) is 16.3. The number of carboxylic acids is 1. The maximum absolute atomic E-state index is 12.1. The van der Waals surface area contributed by atoms with Crippen LogP contribution in [0.15, 0.2) is 59.7 Å². The zero-order valence-electron chi connectivity index (χ0n) is 15.7. The van der Waals surface area contributed by atoms with Crippen molar-refractivity contribution < 1.29 is 9.90 Å². The first kappa shape index (κ1) is 18.7. The van der Waals surface area contributed by atoms with Gasteiger partial charge in [-0.2, -0.15) is 0 Å². The second kappa shape index (κ2) is 7.98. The predicted molar refractivity (Wildman–Crippen MR) is 105 cm³/mol. The molecule has 0 saturated heterocycles. The quantitative estimate of drug-likeness (QED) is 0.411. The summed E-state index contributed by atoms with van der Waals surface area (Å²) in [5.74, 6) is -0.873. The van der Waals surface area contributed by atoms with Gasteiger partial charge in [0.2, 0.25) is 0 Å². The molecule has 2 heteroatoms. The van der Waals surface area contributed by atoms with Gasteiger partial charge in [-0.3, -0.25) is 0 Å². The van der Waals surface area contributed by atoms with E-state index in [2.05, 4.69) is 30.3 Å². The van der Waals surface area contributed by atoms with E-state index >= 15 is 0 Å². The summed E-state index contributed by atoms with van der Waals surface area (Å²) in [5, 5.41) is 9.92. The van der Waals surface area contributed by atoms with Gasteiger partial charge in [-0.15, -0.1) is 0 Å². The van der Waals surface area contributed by atoms with E-state index in [1.165, 1.54) is 5.56 Å². The van der Waals surface area contributed by atoms with E-state index < -0.39 is 5.97 Å². The van der Waals surface area contributed by atoms with Crippen LogP contribution >= 0.6 is 0 Å². The molecule has 2 nitrogen and oxygen atoms in total. The first-order valence-electron chi connectivity index (χ1n) is 8.63. The van der Waals surface area contributed by atoms with Crippen LogP contribution in [0.25, 0.3) is 11.1 Å². The molecule has 0 aliphatic carbocycles. The van der Waals surface area contributed by atoms with Gasteiger partial charge in [-0.1, -0.05) is 72.2 Å². The molecule has 25 heavy (non-hydrogen) atoms. The van der Waals surface area contributed by atoms with Gasteiger partial charge >= 0.3 is 5.97 Å². The predicted octanol–water partition coefficient (Wildman–Crippen LogP) is 6.05. The highest BCUT2D eigenvalue weighted by Crippen LogP contribution is 2.35. The van der Waals surface area contributed by atoms with Crippen LogP contribution in [-0.4, -0.2) is 11.1 Å². The summed E-state index contributed by atoms with van der Waals surface area (Å²) < 4.78 is 0. The number of carboxylic acid groups (broad SMARTS) is 1. The summed E-state index contributed by atoms with van der Waals surface area (Å²) in [6.45, 7) is 9.98. The molecule has 2 rings (SSSR count). The molecule has 0 atom stereocenters. The Labute approximate surface area is 150 Å². The first-order chi connectivity index (χ1) is 11.8. The Morgan fingerprint density at radius 3 is 2.08 bits per heavy atom. The molecule has 0 saturated carbocycles. The highest BCUT2D eigenvalue weighted by atomic mass is 16.4. The van der Waals surface area contributed by atoms with Crippen molar-refractivity contribution in [2.75, 3.05) is 0 Å². The van der Waals surface area contributed by atoms with E-state index in [9.17, 15) is 9.90 Å². The average molecular weight is 334 g/mol. The topological polar surface area (TPSA) is 37.3 Å². The number of allylic oxidation sites excluding steroid dienone is 2. The maximum Gasteiger partial charge on any atom is 0.336 e. The van der Waals surface area contributed by atoms with E-state index in [0.717, 1.165) is 33.4 Å². The normalized spacial score (nSPS) is 13.2.